The second kappa shape index (κ2) is 13.8. The summed E-state index contributed by atoms with van der Waals surface area (Å²) in [5.74, 6) is 0. The zero-order chi connectivity index (χ0) is 35.7. The first kappa shape index (κ1) is 32.2. The number of anilines is 3. The van der Waals surface area contributed by atoms with Crippen LogP contribution in [0.25, 0.3) is 56.2 Å². The second-order valence-electron chi connectivity index (χ2n) is 13.9. The molecule has 252 valence electrons. The Hall–Kier alpha value is -6.70. The number of nitrogens with zero attached hydrogens (tertiary/aromatic N) is 1. The lowest BCUT2D eigenvalue weighted by Gasteiger charge is -2.28. The smallest absolute Gasteiger partial charge is 0.0468 e. The Morgan fingerprint density at radius 2 is 0.717 bits per heavy atom. The molecule has 1 aliphatic carbocycles. The monoisotopic (exact) mass is 677 g/mol. The number of rotatable bonds is 6. The molecule has 0 bridgehead atoms. The molecule has 0 heterocycles. The number of fused-ring (bicyclic) bond motifs is 8. The molecule has 0 unspecified atom stereocenters. The lowest BCUT2D eigenvalue weighted by molar-refractivity contribution is 1.27. The largest absolute Gasteiger partial charge is 0.310 e. The molecule has 1 heteroatoms. The fourth-order valence-corrected chi connectivity index (χ4v) is 7.70. The van der Waals surface area contributed by atoms with E-state index in [-0.39, 0.29) is 0 Å². The summed E-state index contributed by atoms with van der Waals surface area (Å²) in [5.41, 5.74) is 20.6. The van der Waals surface area contributed by atoms with Crippen LogP contribution in [0.2, 0.25) is 0 Å². The second-order valence-corrected chi connectivity index (χ2v) is 13.9. The Balaban J connectivity index is 1.19. The van der Waals surface area contributed by atoms with Gasteiger partial charge >= 0.3 is 0 Å². The molecule has 0 N–H and O–H groups in total. The first-order valence-electron chi connectivity index (χ1n) is 18.3. The molecular weight excluding hydrogens is 639 g/mol. The molecule has 8 aromatic rings. The molecule has 1 nitrogen and oxygen atoms in total. The molecule has 0 aromatic heterocycles. The summed E-state index contributed by atoms with van der Waals surface area (Å²) in [6.45, 7) is 4.28. The van der Waals surface area contributed by atoms with Crippen molar-refractivity contribution < 1.29 is 0 Å². The van der Waals surface area contributed by atoms with Crippen LogP contribution in [0, 0.1) is 13.8 Å². The minimum atomic E-state index is 1.10. The van der Waals surface area contributed by atoms with Crippen molar-refractivity contribution in [2.75, 3.05) is 4.90 Å². The van der Waals surface area contributed by atoms with Crippen LogP contribution in [0.1, 0.15) is 27.8 Å². The van der Waals surface area contributed by atoms with Crippen molar-refractivity contribution in [1.29, 1.82) is 0 Å². The van der Waals surface area contributed by atoms with Crippen molar-refractivity contribution in [3.63, 3.8) is 0 Å². The van der Waals surface area contributed by atoms with Crippen LogP contribution in [-0.2, 0) is 0 Å². The zero-order valence-corrected chi connectivity index (χ0v) is 30.0. The van der Waals surface area contributed by atoms with Crippen LogP contribution in [-0.4, -0.2) is 0 Å². The van der Waals surface area contributed by atoms with Crippen molar-refractivity contribution in [3.8, 4) is 44.5 Å². The Labute approximate surface area is 312 Å². The van der Waals surface area contributed by atoms with Crippen LogP contribution in [0.15, 0.2) is 194 Å². The predicted octanol–water partition coefficient (Wildman–Crippen LogP) is 14.3. The van der Waals surface area contributed by atoms with E-state index in [1.807, 2.05) is 0 Å². The SMILES string of the molecule is Cc1ccc(/C(=C\c2ccc(N(c3ccc(C)cc3)c3ccc4c(c3)-c3ccccc3-c3ccccc3-c3ccccc3-4)cc2)c2ccccc2)cc1. The molecule has 1 aliphatic rings. The highest BCUT2D eigenvalue weighted by Gasteiger charge is 2.23. The Morgan fingerprint density at radius 3 is 1.23 bits per heavy atom. The van der Waals surface area contributed by atoms with Gasteiger partial charge in [0.15, 0.2) is 0 Å². The molecular formula is C52H39N. The first-order valence-corrected chi connectivity index (χ1v) is 18.3. The van der Waals surface area contributed by atoms with Crippen LogP contribution in [0.3, 0.4) is 0 Å². The van der Waals surface area contributed by atoms with E-state index in [4.69, 9.17) is 0 Å². The normalized spacial score (nSPS) is 11.7. The maximum absolute atomic E-state index is 2.39. The summed E-state index contributed by atoms with van der Waals surface area (Å²) in [6, 6.07) is 70.8. The van der Waals surface area contributed by atoms with Crippen LogP contribution >= 0.6 is 0 Å². The summed E-state index contributed by atoms with van der Waals surface area (Å²) in [4.78, 5) is 2.38. The standard InChI is InChI=1S/C52H39N/c1-36-20-26-40(27-21-36)51(39-12-4-3-5-13-39)34-38-24-30-42(31-25-38)53(41-28-22-37(2)23-29-41)43-32-33-50-48-18-9-8-16-46(48)44-14-6-7-15-45(44)47-17-10-11-19-49(47)52(50)35-43/h3-35H,1-2H3/b46-44?,47-45?,50-48?,51-34-,52-49?. The van der Waals surface area contributed by atoms with Gasteiger partial charge in [0.2, 0.25) is 0 Å². The summed E-state index contributed by atoms with van der Waals surface area (Å²) in [6.07, 6.45) is 2.30. The highest BCUT2D eigenvalue weighted by atomic mass is 15.1. The third-order valence-electron chi connectivity index (χ3n) is 10.4. The molecule has 0 saturated heterocycles. The van der Waals surface area contributed by atoms with Crippen molar-refractivity contribution in [3.05, 3.63) is 222 Å². The van der Waals surface area contributed by atoms with Gasteiger partial charge in [0.1, 0.15) is 0 Å². The van der Waals surface area contributed by atoms with Crippen molar-refractivity contribution in [1.82, 2.24) is 0 Å². The third-order valence-corrected chi connectivity index (χ3v) is 10.4. The maximum atomic E-state index is 2.39. The van der Waals surface area contributed by atoms with E-state index in [2.05, 4.69) is 219 Å². The Morgan fingerprint density at radius 1 is 0.340 bits per heavy atom. The Bertz CT molecular complexity index is 2590. The van der Waals surface area contributed by atoms with Gasteiger partial charge in [-0.3, -0.25) is 0 Å². The van der Waals surface area contributed by atoms with Gasteiger partial charge in [-0.25, -0.2) is 0 Å². The van der Waals surface area contributed by atoms with Crippen LogP contribution in [0.5, 0.6) is 0 Å². The molecule has 0 saturated carbocycles. The predicted molar refractivity (Wildman–Crippen MR) is 226 cm³/mol. The lowest BCUT2D eigenvalue weighted by Crippen LogP contribution is -2.10. The topological polar surface area (TPSA) is 3.24 Å². The van der Waals surface area contributed by atoms with E-state index >= 15 is 0 Å². The molecule has 0 atom stereocenters. The van der Waals surface area contributed by atoms with E-state index in [0.717, 1.165) is 22.6 Å². The van der Waals surface area contributed by atoms with Gasteiger partial charge in [0.05, 0.1) is 0 Å². The molecule has 0 spiro atoms. The zero-order valence-electron chi connectivity index (χ0n) is 30.0. The summed E-state index contributed by atoms with van der Waals surface area (Å²) in [7, 11) is 0. The van der Waals surface area contributed by atoms with Crippen LogP contribution in [0.4, 0.5) is 17.1 Å². The molecule has 9 rings (SSSR count). The number of hydrogen-bond donors (Lipinski definition) is 0. The van der Waals surface area contributed by atoms with Gasteiger partial charge < -0.3 is 4.90 Å². The number of benzene rings is 8. The molecule has 53 heavy (non-hydrogen) atoms. The van der Waals surface area contributed by atoms with E-state index in [9.17, 15) is 0 Å². The summed E-state index contributed by atoms with van der Waals surface area (Å²) in [5, 5.41) is 0. The minimum absolute atomic E-state index is 1.10. The maximum Gasteiger partial charge on any atom is 0.0468 e. The summed E-state index contributed by atoms with van der Waals surface area (Å²) >= 11 is 0. The van der Waals surface area contributed by atoms with Crippen molar-refractivity contribution >= 4 is 28.7 Å². The van der Waals surface area contributed by atoms with Crippen molar-refractivity contribution in [2.24, 2.45) is 0 Å². The lowest BCUT2D eigenvalue weighted by atomic mass is 9.81. The quantitative estimate of drug-likeness (QED) is 0.158. The summed E-state index contributed by atoms with van der Waals surface area (Å²) < 4.78 is 0. The molecule has 0 amide bonds. The molecule has 0 radical (unpaired) electrons. The molecule has 0 aliphatic heterocycles. The minimum Gasteiger partial charge on any atom is -0.310 e. The Kier molecular flexibility index (Phi) is 8.38. The highest BCUT2D eigenvalue weighted by Crippen LogP contribution is 2.49. The van der Waals surface area contributed by atoms with Gasteiger partial charge in [0.25, 0.3) is 0 Å². The van der Waals surface area contributed by atoms with Crippen molar-refractivity contribution in [2.45, 2.75) is 13.8 Å². The number of aryl methyl sites for hydroxylation is 2. The van der Waals surface area contributed by atoms with Gasteiger partial charge in [0, 0.05) is 17.1 Å². The van der Waals surface area contributed by atoms with Gasteiger partial charge in [-0.15, -0.1) is 0 Å². The average Bonchev–Trinajstić information content (AvgIpc) is 3.21. The molecule has 8 aromatic carbocycles. The number of hydrogen-bond acceptors (Lipinski definition) is 1. The van der Waals surface area contributed by atoms with E-state index in [1.165, 1.54) is 72.3 Å². The van der Waals surface area contributed by atoms with Gasteiger partial charge in [-0.2, -0.15) is 0 Å². The molecule has 0 fully saturated rings. The van der Waals surface area contributed by atoms with Gasteiger partial charge in [-0.1, -0.05) is 169 Å². The van der Waals surface area contributed by atoms with E-state index in [0.29, 0.717) is 0 Å². The third kappa shape index (κ3) is 6.17. The fourth-order valence-electron chi connectivity index (χ4n) is 7.70. The average molecular weight is 678 g/mol. The van der Waals surface area contributed by atoms with Gasteiger partial charge in [-0.05, 0) is 123 Å². The van der Waals surface area contributed by atoms with E-state index < -0.39 is 0 Å². The fraction of sp³-hybridized carbons (Fsp3) is 0.0385. The van der Waals surface area contributed by atoms with Crippen LogP contribution < -0.4 is 4.90 Å². The highest BCUT2D eigenvalue weighted by molar-refractivity contribution is 6.04. The van der Waals surface area contributed by atoms with E-state index in [1.54, 1.807) is 0 Å². The first-order chi connectivity index (χ1) is 26.1.